The minimum absolute atomic E-state index is 0. The van der Waals surface area contributed by atoms with Gasteiger partial charge in [-0.3, -0.25) is 15.3 Å². The highest BCUT2D eigenvalue weighted by molar-refractivity contribution is 6.40. The molecule has 0 aliphatic carbocycles. The average Bonchev–Trinajstić information content (AvgIpc) is 2.57. The Morgan fingerprint density at radius 3 is 2.28 bits per heavy atom. The van der Waals surface area contributed by atoms with Gasteiger partial charge in [0.05, 0.1) is 28.5 Å². The van der Waals surface area contributed by atoms with E-state index in [9.17, 15) is 14.8 Å². The molecule has 1 aromatic heterocycles. The molecule has 0 saturated heterocycles. The Hall–Kier alpha value is -2.06. The van der Waals surface area contributed by atoms with Crippen LogP contribution in [-0.2, 0) is 16.1 Å². The van der Waals surface area contributed by atoms with Crippen LogP contribution in [0.2, 0.25) is 10.0 Å². The van der Waals surface area contributed by atoms with Gasteiger partial charge in [0.25, 0.3) is 0 Å². The molecule has 10 heteroatoms. The number of carbonyl (C=O) groups is 2. The molecule has 0 aliphatic heterocycles. The number of hydroxylamine groups is 1. The Labute approximate surface area is 160 Å². The molecule has 2 rings (SSSR count). The Balaban J connectivity index is 0.00000312. The zero-order valence-electron chi connectivity index (χ0n) is 12.9. The van der Waals surface area contributed by atoms with Crippen molar-refractivity contribution in [2.24, 2.45) is 0 Å². The van der Waals surface area contributed by atoms with Gasteiger partial charge in [0.1, 0.15) is 0 Å². The van der Waals surface area contributed by atoms with Gasteiger partial charge in [-0.05, 0) is 12.1 Å². The van der Waals surface area contributed by atoms with Crippen LogP contribution in [0, 0.1) is 0 Å². The quantitative estimate of drug-likeness (QED) is 0.421. The number of hydrogen-bond donors (Lipinski definition) is 2. The summed E-state index contributed by atoms with van der Waals surface area (Å²) in [5.41, 5.74) is 0.189. The fourth-order valence-corrected chi connectivity index (χ4v) is 2.43. The Morgan fingerprint density at radius 1 is 1.20 bits per heavy atom. The topological polar surface area (TPSA) is 82.8 Å². The lowest BCUT2D eigenvalue weighted by Gasteiger charge is -2.16. The largest absolute Gasteiger partial charge is 1.00 e. The minimum Gasteiger partial charge on any atom is -1.00 e. The fourth-order valence-electron chi connectivity index (χ4n) is 1.86. The molecular formula is C15H14Cl3N3O4. The van der Waals surface area contributed by atoms with E-state index in [0.29, 0.717) is 5.06 Å². The van der Waals surface area contributed by atoms with Crippen molar-refractivity contribution in [3.05, 3.63) is 52.8 Å². The molecule has 0 aliphatic rings. The molecule has 0 saturated carbocycles. The molecule has 0 unspecified atom stereocenters. The van der Waals surface area contributed by atoms with Crippen molar-refractivity contribution in [3.8, 4) is 0 Å². The van der Waals surface area contributed by atoms with Crippen molar-refractivity contribution in [2.45, 2.75) is 6.54 Å². The van der Waals surface area contributed by atoms with Crippen LogP contribution in [0.15, 0.2) is 42.7 Å². The molecule has 0 radical (unpaired) electrons. The van der Waals surface area contributed by atoms with Crippen molar-refractivity contribution in [1.82, 2.24) is 0 Å². The third-order valence-corrected chi connectivity index (χ3v) is 3.61. The zero-order valence-corrected chi connectivity index (χ0v) is 15.2. The summed E-state index contributed by atoms with van der Waals surface area (Å²) in [6.07, 6.45) is 2.63. The number of nitrogens with one attached hydrogen (secondary N) is 1. The van der Waals surface area contributed by atoms with Gasteiger partial charge in [-0.15, -0.1) is 0 Å². The minimum atomic E-state index is -0.746. The van der Waals surface area contributed by atoms with Crippen LogP contribution in [0.3, 0.4) is 0 Å². The van der Waals surface area contributed by atoms with Gasteiger partial charge < -0.3 is 17.1 Å². The Bertz CT molecular complexity index is 736. The average molecular weight is 407 g/mol. The van der Waals surface area contributed by atoms with Gasteiger partial charge in [0.15, 0.2) is 12.4 Å². The second-order valence-electron chi connectivity index (χ2n) is 4.65. The van der Waals surface area contributed by atoms with E-state index in [4.69, 9.17) is 23.2 Å². The number of ether oxygens (including phenoxy) is 1. The molecule has 7 nitrogen and oxygen atoms in total. The van der Waals surface area contributed by atoms with Gasteiger partial charge in [0.2, 0.25) is 6.54 Å². The molecule has 134 valence electrons. The zero-order chi connectivity index (χ0) is 17.7. The van der Waals surface area contributed by atoms with E-state index in [0.717, 1.165) is 0 Å². The third kappa shape index (κ3) is 5.47. The lowest BCUT2D eigenvalue weighted by molar-refractivity contribution is -0.684. The van der Waals surface area contributed by atoms with E-state index in [1.165, 1.54) is 19.2 Å². The first-order valence-corrected chi connectivity index (χ1v) is 7.48. The molecule has 2 N–H and O–H groups in total. The first kappa shape index (κ1) is 21.0. The highest BCUT2D eigenvalue weighted by Crippen LogP contribution is 2.35. The third-order valence-electron chi connectivity index (χ3n) is 3.02. The number of aromatic nitrogens is 1. The second kappa shape index (κ2) is 9.43. The van der Waals surface area contributed by atoms with Gasteiger partial charge in [-0.2, -0.15) is 9.63 Å². The highest BCUT2D eigenvalue weighted by Gasteiger charge is 2.21. The van der Waals surface area contributed by atoms with E-state index < -0.39 is 12.0 Å². The van der Waals surface area contributed by atoms with Crippen LogP contribution >= 0.6 is 23.2 Å². The van der Waals surface area contributed by atoms with E-state index in [-0.39, 0.29) is 40.4 Å². The predicted molar refractivity (Wildman–Crippen MR) is 88.4 cm³/mol. The molecule has 0 spiro atoms. The van der Waals surface area contributed by atoms with E-state index in [1.807, 2.05) is 6.07 Å². The number of pyridine rings is 1. The van der Waals surface area contributed by atoms with E-state index in [2.05, 4.69) is 10.1 Å². The van der Waals surface area contributed by atoms with Gasteiger partial charge >= 0.3 is 12.0 Å². The van der Waals surface area contributed by atoms with Crippen LogP contribution in [0.25, 0.3) is 0 Å². The number of anilines is 2. The van der Waals surface area contributed by atoms with Crippen molar-refractivity contribution >= 4 is 46.6 Å². The molecule has 2 aromatic rings. The van der Waals surface area contributed by atoms with Crippen LogP contribution in [0.5, 0.6) is 0 Å². The van der Waals surface area contributed by atoms with Crippen LogP contribution in [-0.4, -0.2) is 24.3 Å². The number of benzene rings is 1. The molecule has 1 aromatic carbocycles. The van der Waals surface area contributed by atoms with Crippen molar-refractivity contribution < 1.29 is 36.5 Å². The standard InChI is InChI=1S/C15H13Cl2N3O4.ClH/c1-24-15(22)18-14-11(16)7-10(8-12(14)17)20(23)13(21)9-19-5-3-2-4-6-19;/h2-8,23H,9H2,1H3;1H. The smallest absolute Gasteiger partial charge is 0.411 e. The first-order chi connectivity index (χ1) is 11.4. The lowest BCUT2D eigenvalue weighted by atomic mass is 10.2. The van der Waals surface area contributed by atoms with Gasteiger partial charge in [-0.1, -0.05) is 29.3 Å². The van der Waals surface area contributed by atoms with E-state index >= 15 is 0 Å². The predicted octanol–water partition coefficient (Wildman–Crippen LogP) is -0.114. The summed E-state index contributed by atoms with van der Waals surface area (Å²) < 4.78 is 6.06. The summed E-state index contributed by atoms with van der Waals surface area (Å²) in [6.45, 7) is -0.0747. The summed E-state index contributed by atoms with van der Waals surface area (Å²) in [5, 5.41) is 12.9. The van der Waals surface area contributed by atoms with Crippen molar-refractivity contribution in [2.75, 3.05) is 17.5 Å². The highest BCUT2D eigenvalue weighted by atomic mass is 35.5. The number of halogens is 3. The van der Waals surface area contributed by atoms with Crippen molar-refractivity contribution in [3.63, 3.8) is 0 Å². The number of rotatable bonds is 4. The number of hydrogen-bond acceptors (Lipinski definition) is 4. The normalized spacial score (nSPS) is 9.76. The Kier molecular flexibility index (Phi) is 7.92. The number of nitrogens with zero attached hydrogens (tertiary/aromatic N) is 2. The summed E-state index contributed by atoms with van der Waals surface area (Å²) in [7, 11) is 1.20. The summed E-state index contributed by atoms with van der Waals surface area (Å²) in [5.74, 6) is -0.591. The molecule has 0 fully saturated rings. The molecule has 1 heterocycles. The molecule has 0 atom stereocenters. The Morgan fingerprint density at radius 2 is 1.76 bits per heavy atom. The SMILES string of the molecule is COC(=O)Nc1c(Cl)cc(N(O)C(=O)C[n+]2ccccc2)cc1Cl.[Cl-]. The summed E-state index contributed by atoms with van der Waals surface area (Å²) in [4.78, 5) is 23.4. The van der Waals surface area contributed by atoms with Crippen LogP contribution in [0.1, 0.15) is 0 Å². The monoisotopic (exact) mass is 405 g/mol. The summed E-state index contributed by atoms with van der Waals surface area (Å²) >= 11 is 12.1. The fraction of sp³-hybridized carbons (Fsp3) is 0.133. The lowest BCUT2D eigenvalue weighted by Crippen LogP contribution is -3.00. The number of methoxy groups -OCH3 is 1. The van der Waals surface area contributed by atoms with Crippen LogP contribution < -0.4 is 27.4 Å². The van der Waals surface area contributed by atoms with E-state index in [1.54, 1.807) is 29.1 Å². The first-order valence-electron chi connectivity index (χ1n) is 6.72. The summed E-state index contributed by atoms with van der Waals surface area (Å²) in [6, 6.07) is 7.93. The molecule has 0 bridgehead atoms. The number of carbonyl (C=O) groups excluding carboxylic acids is 2. The van der Waals surface area contributed by atoms with Crippen LogP contribution in [0.4, 0.5) is 16.2 Å². The second-order valence-corrected chi connectivity index (χ2v) is 5.47. The molecule has 25 heavy (non-hydrogen) atoms. The van der Waals surface area contributed by atoms with Gasteiger partial charge in [-0.25, -0.2) is 4.79 Å². The molecular weight excluding hydrogens is 393 g/mol. The van der Waals surface area contributed by atoms with Gasteiger partial charge in [0, 0.05) is 12.1 Å². The maximum atomic E-state index is 12.1. The van der Waals surface area contributed by atoms with Crippen molar-refractivity contribution in [1.29, 1.82) is 0 Å². The maximum absolute atomic E-state index is 12.1. The molecule has 2 amide bonds. The maximum Gasteiger partial charge on any atom is 0.411 e. The number of amides is 2.